The summed E-state index contributed by atoms with van der Waals surface area (Å²) in [6.07, 6.45) is -7.48. The molecule has 1 aliphatic rings. The van der Waals surface area contributed by atoms with Crippen LogP contribution in [0.15, 0.2) is 45.6 Å². The van der Waals surface area contributed by atoms with Crippen molar-refractivity contribution >= 4 is 11.0 Å². The normalized spacial score (nSPS) is 25.7. The van der Waals surface area contributed by atoms with E-state index in [1.54, 1.807) is 19.1 Å². The molecule has 5 atom stereocenters. The third kappa shape index (κ3) is 3.90. The zero-order chi connectivity index (χ0) is 23.2. The van der Waals surface area contributed by atoms with E-state index in [0.717, 1.165) is 6.07 Å². The fourth-order valence-electron chi connectivity index (χ4n) is 3.56. The first kappa shape index (κ1) is 22.1. The Balaban J connectivity index is 1.72. The molecule has 1 fully saturated rings. The Hall–Kier alpha value is -3.15. The van der Waals surface area contributed by atoms with Crippen molar-refractivity contribution in [1.29, 1.82) is 0 Å². The summed E-state index contributed by atoms with van der Waals surface area (Å²) in [5.41, 5.74) is 0.577. The maximum absolute atomic E-state index is 12.6. The topological polar surface area (TPSA) is 170 Å². The van der Waals surface area contributed by atoms with Crippen LogP contribution in [0.4, 0.5) is 0 Å². The van der Waals surface area contributed by atoms with E-state index in [9.17, 15) is 35.4 Å². The Kier molecular flexibility index (Phi) is 5.80. The molecule has 10 nitrogen and oxygen atoms in total. The molecule has 6 N–H and O–H groups in total. The minimum Gasteiger partial charge on any atom is -0.508 e. The van der Waals surface area contributed by atoms with Gasteiger partial charge in [-0.05, 0) is 30.7 Å². The molecule has 0 bridgehead atoms. The Morgan fingerprint density at radius 2 is 1.72 bits per heavy atom. The number of fused-ring (bicyclic) bond motifs is 1. The summed E-state index contributed by atoms with van der Waals surface area (Å²) < 4.78 is 16.6. The molecular weight excluding hydrogens is 424 g/mol. The molecule has 1 saturated heterocycles. The van der Waals surface area contributed by atoms with E-state index in [1.807, 2.05) is 0 Å². The lowest BCUT2D eigenvalue weighted by molar-refractivity contribution is -0.277. The Morgan fingerprint density at radius 1 is 0.969 bits per heavy atom. The van der Waals surface area contributed by atoms with Gasteiger partial charge in [-0.3, -0.25) is 4.79 Å². The fraction of sp³-hybridized carbons (Fsp3) is 0.318. The first-order chi connectivity index (χ1) is 15.2. The van der Waals surface area contributed by atoms with Gasteiger partial charge in [0.05, 0.1) is 6.61 Å². The van der Waals surface area contributed by atoms with Crippen LogP contribution in [-0.2, 0) is 4.74 Å². The molecule has 0 amide bonds. The monoisotopic (exact) mass is 446 g/mol. The number of aliphatic hydroxyl groups excluding tert-OH is 4. The summed E-state index contributed by atoms with van der Waals surface area (Å²) in [7, 11) is 0. The van der Waals surface area contributed by atoms with Crippen molar-refractivity contribution in [2.45, 2.75) is 37.6 Å². The SMILES string of the molecule is Cc1cc(-c2cc(=O)c3c(O)cc(O[C@@H]4O[C@H](CO)[C@@H](O)[C@H](O)[C@H]4O)cc3o2)ccc1O. The molecule has 2 aromatic carbocycles. The van der Waals surface area contributed by atoms with E-state index in [0.29, 0.717) is 11.1 Å². The molecule has 4 rings (SSSR count). The standard InChI is InChI=1S/C22H22O10/c1-9-4-10(2-3-12(9)24)15-7-14(26)18-13(25)5-11(6-16(18)31-15)30-22-21(29)20(28)19(27)17(8-23)32-22/h2-7,17,19-25,27-29H,8H2,1H3/t17-,19-,20+,21-,22-/m1/s1. The predicted molar refractivity (Wildman–Crippen MR) is 110 cm³/mol. The highest BCUT2D eigenvalue weighted by atomic mass is 16.7. The molecule has 2 heterocycles. The molecule has 0 saturated carbocycles. The molecule has 3 aromatic rings. The molecule has 1 aliphatic heterocycles. The smallest absolute Gasteiger partial charge is 0.229 e. The summed E-state index contributed by atoms with van der Waals surface area (Å²) in [6, 6.07) is 8.30. The number of hydrogen-bond donors (Lipinski definition) is 6. The Bertz CT molecular complexity index is 1200. The summed E-state index contributed by atoms with van der Waals surface area (Å²) in [6.45, 7) is 1.06. The van der Waals surface area contributed by atoms with Gasteiger partial charge in [0.15, 0.2) is 5.43 Å². The van der Waals surface area contributed by atoms with E-state index >= 15 is 0 Å². The van der Waals surface area contributed by atoms with Gasteiger partial charge in [-0.15, -0.1) is 0 Å². The minimum absolute atomic E-state index is 0.0159. The number of phenolic OH excluding ortho intramolecular Hbond substituents is 2. The van der Waals surface area contributed by atoms with Crippen LogP contribution in [0.5, 0.6) is 17.2 Å². The average molecular weight is 446 g/mol. The molecule has 10 heteroatoms. The van der Waals surface area contributed by atoms with Gasteiger partial charge in [-0.2, -0.15) is 0 Å². The molecule has 1 aromatic heterocycles. The Morgan fingerprint density at radius 3 is 2.41 bits per heavy atom. The van der Waals surface area contributed by atoms with Crippen LogP contribution in [-0.4, -0.2) is 68.0 Å². The molecule has 170 valence electrons. The first-order valence-electron chi connectivity index (χ1n) is 9.77. The third-order valence-corrected chi connectivity index (χ3v) is 5.37. The fourth-order valence-corrected chi connectivity index (χ4v) is 3.56. The van der Waals surface area contributed by atoms with Crippen LogP contribution in [0, 0.1) is 6.92 Å². The van der Waals surface area contributed by atoms with Crippen molar-refractivity contribution in [3.8, 4) is 28.6 Å². The lowest BCUT2D eigenvalue weighted by Crippen LogP contribution is -2.60. The molecule has 0 spiro atoms. The van der Waals surface area contributed by atoms with Crippen LogP contribution in [0.1, 0.15) is 5.56 Å². The minimum atomic E-state index is -1.65. The molecule has 32 heavy (non-hydrogen) atoms. The third-order valence-electron chi connectivity index (χ3n) is 5.37. The van der Waals surface area contributed by atoms with Crippen molar-refractivity contribution in [2.75, 3.05) is 6.61 Å². The van der Waals surface area contributed by atoms with Crippen molar-refractivity contribution in [2.24, 2.45) is 0 Å². The van der Waals surface area contributed by atoms with Gasteiger partial charge in [0.25, 0.3) is 0 Å². The van der Waals surface area contributed by atoms with Crippen LogP contribution in [0.3, 0.4) is 0 Å². The second-order valence-corrected chi connectivity index (χ2v) is 7.61. The van der Waals surface area contributed by atoms with Gasteiger partial charge in [0.2, 0.25) is 6.29 Å². The van der Waals surface area contributed by atoms with E-state index in [2.05, 4.69) is 0 Å². The molecule has 0 radical (unpaired) electrons. The maximum Gasteiger partial charge on any atom is 0.229 e. The van der Waals surface area contributed by atoms with Gasteiger partial charge in [0.1, 0.15) is 58.4 Å². The van der Waals surface area contributed by atoms with Gasteiger partial charge in [-0.25, -0.2) is 0 Å². The van der Waals surface area contributed by atoms with Crippen molar-refractivity contribution in [3.63, 3.8) is 0 Å². The lowest BCUT2D eigenvalue weighted by atomic mass is 9.99. The largest absolute Gasteiger partial charge is 0.508 e. The van der Waals surface area contributed by atoms with Crippen LogP contribution in [0.25, 0.3) is 22.3 Å². The van der Waals surface area contributed by atoms with Gasteiger partial charge in [0, 0.05) is 23.8 Å². The van der Waals surface area contributed by atoms with E-state index in [-0.39, 0.29) is 28.2 Å². The van der Waals surface area contributed by atoms with Crippen molar-refractivity contribution in [1.82, 2.24) is 0 Å². The lowest BCUT2D eigenvalue weighted by Gasteiger charge is -2.39. The first-order valence-corrected chi connectivity index (χ1v) is 9.77. The maximum atomic E-state index is 12.6. The van der Waals surface area contributed by atoms with Crippen molar-refractivity contribution < 1.29 is 44.5 Å². The number of ether oxygens (including phenoxy) is 2. The van der Waals surface area contributed by atoms with E-state index < -0.39 is 48.5 Å². The molecule has 0 unspecified atom stereocenters. The highest BCUT2D eigenvalue weighted by Crippen LogP contribution is 2.33. The summed E-state index contributed by atoms with van der Waals surface area (Å²) in [5.74, 6) is -0.217. The van der Waals surface area contributed by atoms with E-state index in [4.69, 9.17) is 13.9 Å². The number of rotatable bonds is 4. The average Bonchev–Trinajstić information content (AvgIpc) is 2.75. The zero-order valence-corrected chi connectivity index (χ0v) is 16.9. The summed E-state index contributed by atoms with van der Waals surface area (Å²) in [4.78, 5) is 12.6. The number of phenols is 2. The highest BCUT2D eigenvalue weighted by Gasteiger charge is 2.44. The molecular formula is C22H22O10. The predicted octanol–water partition coefficient (Wildman–Crippen LogP) is 0.358. The van der Waals surface area contributed by atoms with Crippen LogP contribution < -0.4 is 10.2 Å². The number of aliphatic hydroxyl groups is 4. The zero-order valence-electron chi connectivity index (χ0n) is 16.9. The quantitative estimate of drug-likeness (QED) is 0.329. The molecule has 0 aliphatic carbocycles. The number of hydrogen-bond acceptors (Lipinski definition) is 10. The Labute approximate surface area is 181 Å². The number of aromatic hydroxyl groups is 2. The number of aryl methyl sites for hydroxylation is 1. The van der Waals surface area contributed by atoms with Gasteiger partial charge < -0.3 is 44.5 Å². The van der Waals surface area contributed by atoms with Crippen molar-refractivity contribution in [3.05, 3.63) is 52.2 Å². The van der Waals surface area contributed by atoms with Crippen LogP contribution >= 0.6 is 0 Å². The van der Waals surface area contributed by atoms with Gasteiger partial charge >= 0.3 is 0 Å². The summed E-state index contributed by atoms with van der Waals surface area (Å²) in [5, 5.41) is 59.2. The van der Waals surface area contributed by atoms with Gasteiger partial charge in [-0.1, -0.05) is 0 Å². The second kappa shape index (κ2) is 8.41. The highest BCUT2D eigenvalue weighted by molar-refractivity contribution is 5.86. The number of benzene rings is 2. The summed E-state index contributed by atoms with van der Waals surface area (Å²) >= 11 is 0. The van der Waals surface area contributed by atoms with Crippen LogP contribution in [0.2, 0.25) is 0 Å². The van der Waals surface area contributed by atoms with E-state index in [1.165, 1.54) is 18.2 Å². The second-order valence-electron chi connectivity index (χ2n) is 7.61.